The summed E-state index contributed by atoms with van der Waals surface area (Å²) in [6.45, 7) is 18.1. The van der Waals surface area contributed by atoms with Crippen molar-refractivity contribution in [3.8, 4) is 0 Å². The van der Waals surface area contributed by atoms with Gasteiger partial charge in [0.2, 0.25) is 0 Å². The Hall–Kier alpha value is -2.37. The number of hydrogen-bond acceptors (Lipinski definition) is 0. The van der Waals surface area contributed by atoms with Crippen LogP contribution in [0.15, 0.2) is 97.1 Å². The van der Waals surface area contributed by atoms with Gasteiger partial charge in [-0.25, -0.2) is 12.1 Å². The summed E-state index contributed by atoms with van der Waals surface area (Å²) in [4.78, 5) is 0. The van der Waals surface area contributed by atoms with Gasteiger partial charge in [0.05, 0.1) is 0 Å². The molecule has 1 aliphatic rings. The molecule has 43 heavy (non-hydrogen) atoms. The number of benzene rings is 3. The zero-order valence-corrected chi connectivity index (χ0v) is 31.0. The first kappa shape index (κ1) is 36.8. The first-order valence-electron chi connectivity index (χ1n) is 15.3. The summed E-state index contributed by atoms with van der Waals surface area (Å²) in [6.07, 6.45) is 4.28. The van der Waals surface area contributed by atoms with Crippen molar-refractivity contribution in [2.45, 2.75) is 91.4 Å². The molecule has 0 bridgehead atoms. The van der Waals surface area contributed by atoms with E-state index in [0.717, 1.165) is 5.92 Å². The molecule has 0 unspecified atom stereocenters. The van der Waals surface area contributed by atoms with Gasteiger partial charge >= 0.3 is 108 Å². The van der Waals surface area contributed by atoms with Crippen molar-refractivity contribution < 1.29 is 24.2 Å². The molecule has 0 radical (unpaired) electrons. The van der Waals surface area contributed by atoms with E-state index >= 15 is 0 Å². The third kappa shape index (κ3) is 9.56. The Morgan fingerprint density at radius 3 is 1.51 bits per heavy atom. The zero-order chi connectivity index (χ0) is 29.8. The summed E-state index contributed by atoms with van der Waals surface area (Å²) in [6, 6.07) is 35.4. The average molecular weight is 650 g/mol. The number of hydrogen-bond donors (Lipinski definition) is 0. The summed E-state index contributed by atoms with van der Waals surface area (Å²) in [7, 11) is 0. The van der Waals surface area contributed by atoms with Crippen LogP contribution in [0.2, 0.25) is 0 Å². The van der Waals surface area contributed by atoms with E-state index in [-0.39, 0.29) is 25.7 Å². The smallest absolute Gasteiger partial charge is 0.172 e. The minimum atomic E-state index is 0. The summed E-state index contributed by atoms with van der Waals surface area (Å²) >= 11 is 1.61. The quantitative estimate of drug-likeness (QED) is 0.171. The fourth-order valence-corrected chi connectivity index (χ4v) is 6.38. The summed E-state index contributed by atoms with van der Waals surface area (Å²) < 4.78 is 1.68. The molecule has 5 aromatic rings. The predicted octanol–water partition coefficient (Wildman–Crippen LogP) is 12.3. The molecular weight excluding hydrogens is 596 g/mol. The molecule has 0 amide bonds. The van der Waals surface area contributed by atoms with Gasteiger partial charge < -0.3 is 14.9 Å². The predicted molar refractivity (Wildman–Crippen MR) is 191 cm³/mol. The van der Waals surface area contributed by atoms with Crippen LogP contribution in [0.5, 0.6) is 0 Å². The third-order valence-electron chi connectivity index (χ3n) is 8.39. The van der Waals surface area contributed by atoms with Crippen LogP contribution in [0.25, 0.3) is 21.5 Å². The maximum atomic E-state index is 2.35. The van der Waals surface area contributed by atoms with Gasteiger partial charge in [-0.1, -0.05) is 76.9 Å². The molecule has 0 N–H and O–H groups in total. The number of fused-ring (bicyclic) bond motifs is 3. The Balaban J connectivity index is 0.000000256. The Bertz CT molecular complexity index is 1450. The van der Waals surface area contributed by atoms with Crippen molar-refractivity contribution in [2.24, 2.45) is 5.92 Å². The molecule has 0 aliphatic heterocycles. The second kappa shape index (κ2) is 15.6. The van der Waals surface area contributed by atoms with Crippen molar-refractivity contribution in [1.82, 2.24) is 0 Å². The Kier molecular flexibility index (Phi) is 13.3. The van der Waals surface area contributed by atoms with Crippen LogP contribution >= 0.6 is 0 Å². The molecule has 1 heteroatoms. The molecule has 5 aromatic carbocycles. The normalized spacial score (nSPS) is 13.1. The molecule has 0 saturated heterocycles. The fraction of sp³-hybridized carbons (Fsp3) is 0.357. The molecule has 0 heterocycles. The minimum absolute atomic E-state index is 0. The van der Waals surface area contributed by atoms with Crippen LogP contribution in [0.1, 0.15) is 103 Å². The molecular formula is C42H54Zr-4. The van der Waals surface area contributed by atoms with Crippen LogP contribution in [-0.4, -0.2) is 3.21 Å². The molecule has 0 atom stereocenters. The summed E-state index contributed by atoms with van der Waals surface area (Å²) in [5.74, 6) is 1.56. The van der Waals surface area contributed by atoms with Crippen molar-refractivity contribution in [3.63, 3.8) is 0 Å². The average Bonchev–Trinajstić information content (AvgIpc) is 3.58. The zero-order valence-electron chi connectivity index (χ0n) is 28.5. The summed E-state index contributed by atoms with van der Waals surface area (Å²) in [5.41, 5.74) is 6.16. The molecule has 0 nitrogen and oxygen atoms in total. The van der Waals surface area contributed by atoms with E-state index < -0.39 is 0 Å². The standard InChI is InChI=1S/C21H25.C14H18.C5H5.2CH3.Zr/c1-20(2,3)16-7-9-18-14(12-16)11-15-13-17(21(4,5)6)8-10-19(15)18;1-11(2)14-8-6-13(7-9-14)10-12-4-3-5-12;1-2-4-5-3-1;;;/h7-13H,1-6H3;6-9,11-12H,3-5H2,1-2H3;1-5H;2*1H3;/q-1;;3*-1;. The van der Waals surface area contributed by atoms with Crippen LogP contribution in [0.3, 0.4) is 0 Å². The first-order chi connectivity index (χ1) is 19.3. The van der Waals surface area contributed by atoms with Crippen molar-refractivity contribution in [2.75, 3.05) is 0 Å². The minimum Gasteiger partial charge on any atom is -0.358 e. The SMILES string of the molecule is CC(C)(C)c1ccc2c(c1)[cH-]c1cc(C(C)(C)C)ccc12.CC(C)c1ccc([C](=[Zr])C2CCC2)cc1.[CH3-].[CH3-].c1cc[cH-]c1. The van der Waals surface area contributed by atoms with E-state index in [0.29, 0.717) is 5.92 Å². The van der Waals surface area contributed by atoms with E-state index in [1.165, 1.54) is 63.1 Å². The molecule has 1 aliphatic carbocycles. The van der Waals surface area contributed by atoms with E-state index in [9.17, 15) is 0 Å². The van der Waals surface area contributed by atoms with Gasteiger partial charge in [0.1, 0.15) is 0 Å². The molecule has 1 fully saturated rings. The Labute approximate surface area is 279 Å². The van der Waals surface area contributed by atoms with Crippen molar-refractivity contribution in [1.29, 1.82) is 0 Å². The topological polar surface area (TPSA) is 0 Å². The van der Waals surface area contributed by atoms with E-state index in [1.54, 1.807) is 27.4 Å². The second-order valence-corrected chi connectivity index (χ2v) is 15.4. The maximum absolute atomic E-state index is 2.35. The first-order valence-corrected chi connectivity index (χ1v) is 16.6. The van der Waals surface area contributed by atoms with Gasteiger partial charge in [0.15, 0.2) is 0 Å². The Morgan fingerprint density at radius 1 is 0.721 bits per heavy atom. The monoisotopic (exact) mass is 648 g/mol. The van der Waals surface area contributed by atoms with Crippen LogP contribution in [-0.2, 0) is 35.1 Å². The van der Waals surface area contributed by atoms with E-state index in [4.69, 9.17) is 0 Å². The Morgan fingerprint density at radius 2 is 1.19 bits per heavy atom. The molecule has 6 rings (SSSR count). The molecule has 0 aromatic heterocycles. The van der Waals surface area contributed by atoms with Gasteiger partial charge in [0, 0.05) is 0 Å². The maximum Gasteiger partial charge on any atom is -0.172 e. The number of rotatable bonds is 3. The van der Waals surface area contributed by atoms with Crippen molar-refractivity contribution >= 4 is 24.8 Å². The van der Waals surface area contributed by atoms with Crippen LogP contribution < -0.4 is 0 Å². The third-order valence-corrected chi connectivity index (χ3v) is 10.1. The van der Waals surface area contributed by atoms with Crippen molar-refractivity contribution in [3.05, 3.63) is 134 Å². The van der Waals surface area contributed by atoms with Crippen LogP contribution in [0, 0.1) is 20.8 Å². The van der Waals surface area contributed by atoms with Gasteiger partial charge in [-0.05, 0) is 10.8 Å². The van der Waals surface area contributed by atoms with E-state index in [2.05, 4.69) is 122 Å². The summed E-state index contributed by atoms with van der Waals surface area (Å²) in [5, 5.41) is 5.48. The van der Waals surface area contributed by atoms with Gasteiger partial charge in [-0.3, -0.25) is 0 Å². The molecule has 230 valence electrons. The fourth-order valence-electron chi connectivity index (χ4n) is 5.26. The van der Waals surface area contributed by atoms with Gasteiger partial charge in [-0.15, -0.1) is 39.7 Å². The van der Waals surface area contributed by atoms with Gasteiger partial charge in [0.25, 0.3) is 0 Å². The van der Waals surface area contributed by atoms with Crippen LogP contribution in [0.4, 0.5) is 0 Å². The van der Waals surface area contributed by atoms with Gasteiger partial charge in [-0.2, -0.15) is 18.2 Å². The van der Waals surface area contributed by atoms with E-state index in [1.807, 2.05) is 30.3 Å². The molecule has 0 spiro atoms. The second-order valence-electron chi connectivity index (χ2n) is 14.0. The molecule has 1 saturated carbocycles. The largest absolute Gasteiger partial charge is 0.358 e.